The van der Waals surface area contributed by atoms with Gasteiger partial charge < -0.3 is 14.7 Å². The summed E-state index contributed by atoms with van der Waals surface area (Å²) in [4.78, 5) is 24.6. The molecule has 1 amide bonds. The number of amides is 1. The third kappa shape index (κ3) is 4.19. The lowest BCUT2D eigenvalue weighted by Gasteiger charge is -2.31. The Morgan fingerprint density at radius 2 is 2.05 bits per heavy atom. The van der Waals surface area contributed by atoms with E-state index in [1.165, 1.54) is 19.2 Å². The molecule has 1 aromatic rings. The van der Waals surface area contributed by atoms with Crippen molar-refractivity contribution in [2.24, 2.45) is 5.92 Å². The minimum Gasteiger partial charge on any atom is -0.494 e. The second-order valence-corrected chi connectivity index (χ2v) is 5.57. The van der Waals surface area contributed by atoms with E-state index < -0.39 is 11.8 Å². The van der Waals surface area contributed by atoms with Crippen molar-refractivity contribution in [3.05, 3.63) is 29.6 Å². The summed E-state index contributed by atoms with van der Waals surface area (Å²) in [6.07, 6.45) is 1.71. The van der Waals surface area contributed by atoms with Gasteiger partial charge in [0.2, 0.25) is 5.91 Å². The molecule has 0 aromatic heterocycles. The molecule has 0 atom stereocenters. The zero-order valence-corrected chi connectivity index (χ0v) is 12.5. The van der Waals surface area contributed by atoms with Gasteiger partial charge in [0.05, 0.1) is 13.5 Å². The number of carboxylic acids is 1. The van der Waals surface area contributed by atoms with Gasteiger partial charge in [-0.15, -0.1) is 0 Å². The molecule has 120 valence electrons. The van der Waals surface area contributed by atoms with Crippen LogP contribution in [-0.2, 0) is 16.0 Å². The van der Waals surface area contributed by atoms with E-state index in [0.717, 1.165) is 0 Å². The molecule has 0 bridgehead atoms. The number of hydrogen-bond acceptors (Lipinski definition) is 3. The van der Waals surface area contributed by atoms with Crippen molar-refractivity contribution in [3.63, 3.8) is 0 Å². The van der Waals surface area contributed by atoms with Crippen molar-refractivity contribution in [2.45, 2.75) is 25.7 Å². The zero-order valence-electron chi connectivity index (χ0n) is 12.5. The number of nitrogens with zero attached hydrogens (tertiary/aromatic N) is 1. The number of carbonyl (C=O) groups excluding carboxylic acids is 1. The molecule has 1 aromatic carbocycles. The summed E-state index contributed by atoms with van der Waals surface area (Å²) in [6, 6.07) is 4.50. The molecule has 5 nitrogen and oxygen atoms in total. The smallest absolute Gasteiger partial charge is 0.303 e. The molecule has 0 saturated carbocycles. The van der Waals surface area contributed by atoms with Crippen LogP contribution in [0.5, 0.6) is 5.75 Å². The van der Waals surface area contributed by atoms with Crippen molar-refractivity contribution in [1.29, 1.82) is 0 Å². The fraction of sp³-hybridized carbons (Fsp3) is 0.500. The summed E-state index contributed by atoms with van der Waals surface area (Å²) in [7, 11) is 1.39. The molecule has 1 saturated heterocycles. The van der Waals surface area contributed by atoms with Crippen molar-refractivity contribution >= 4 is 11.9 Å². The minimum absolute atomic E-state index is 0.0571. The molecule has 0 spiro atoms. The van der Waals surface area contributed by atoms with Crippen LogP contribution in [0.3, 0.4) is 0 Å². The van der Waals surface area contributed by atoms with E-state index in [1.54, 1.807) is 11.0 Å². The first-order chi connectivity index (χ1) is 10.5. The average molecular weight is 309 g/mol. The van der Waals surface area contributed by atoms with Gasteiger partial charge in [0.15, 0.2) is 11.6 Å². The zero-order chi connectivity index (χ0) is 16.1. The summed E-state index contributed by atoms with van der Waals surface area (Å²) < 4.78 is 18.5. The number of rotatable bonds is 5. The third-order valence-electron chi connectivity index (χ3n) is 4.00. The second kappa shape index (κ2) is 7.24. The topological polar surface area (TPSA) is 66.8 Å². The van der Waals surface area contributed by atoms with Crippen LogP contribution in [0.2, 0.25) is 0 Å². The number of carboxylic acid groups (broad SMARTS) is 1. The van der Waals surface area contributed by atoms with Crippen LogP contribution in [0.25, 0.3) is 0 Å². The van der Waals surface area contributed by atoms with Crippen LogP contribution in [-0.4, -0.2) is 42.1 Å². The van der Waals surface area contributed by atoms with Gasteiger partial charge in [0.1, 0.15) is 0 Å². The van der Waals surface area contributed by atoms with E-state index in [9.17, 15) is 14.0 Å². The Kier molecular flexibility index (Phi) is 5.35. The molecule has 2 rings (SSSR count). The summed E-state index contributed by atoms with van der Waals surface area (Å²) in [6.45, 7) is 1.13. The molecule has 0 unspecified atom stereocenters. The van der Waals surface area contributed by atoms with Gasteiger partial charge in [0, 0.05) is 19.5 Å². The number of aliphatic carboxylic acids is 1. The number of carbonyl (C=O) groups is 2. The number of benzene rings is 1. The van der Waals surface area contributed by atoms with Gasteiger partial charge >= 0.3 is 5.97 Å². The van der Waals surface area contributed by atoms with Gasteiger partial charge in [-0.25, -0.2) is 4.39 Å². The van der Waals surface area contributed by atoms with Crippen LogP contribution in [0, 0.1) is 11.7 Å². The lowest BCUT2D eigenvalue weighted by Crippen LogP contribution is -2.39. The van der Waals surface area contributed by atoms with Gasteiger partial charge in [-0.05, 0) is 36.5 Å². The maximum absolute atomic E-state index is 13.6. The molecule has 1 N–H and O–H groups in total. The van der Waals surface area contributed by atoms with Crippen LogP contribution in [0.4, 0.5) is 4.39 Å². The van der Waals surface area contributed by atoms with Crippen LogP contribution >= 0.6 is 0 Å². The Morgan fingerprint density at radius 1 is 1.36 bits per heavy atom. The molecule has 1 fully saturated rings. The average Bonchev–Trinajstić information content (AvgIpc) is 2.47. The summed E-state index contributed by atoms with van der Waals surface area (Å²) in [5, 5.41) is 8.78. The molecule has 1 aliphatic rings. The first kappa shape index (κ1) is 16.3. The second-order valence-electron chi connectivity index (χ2n) is 5.57. The van der Waals surface area contributed by atoms with E-state index in [-0.39, 0.29) is 30.4 Å². The number of piperidine rings is 1. The first-order valence-corrected chi connectivity index (χ1v) is 7.31. The Bertz CT molecular complexity index is 553. The van der Waals surface area contributed by atoms with Crippen molar-refractivity contribution in [2.75, 3.05) is 20.2 Å². The molecular weight excluding hydrogens is 289 g/mol. The van der Waals surface area contributed by atoms with E-state index in [4.69, 9.17) is 9.84 Å². The van der Waals surface area contributed by atoms with E-state index in [0.29, 0.717) is 31.5 Å². The molecule has 0 aliphatic carbocycles. The first-order valence-electron chi connectivity index (χ1n) is 7.31. The number of likely N-dealkylation sites (tertiary alicyclic amines) is 1. The van der Waals surface area contributed by atoms with Crippen molar-refractivity contribution in [3.8, 4) is 5.75 Å². The largest absolute Gasteiger partial charge is 0.494 e. The lowest BCUT2D eigenvalue weighted by molar-refractivity contribution is -0.138. The number of methoxy groups -OCH3 is 1. The van der Waals surface area contributed by atoms with E-state index in [2.05, 4.69) is 0 Å². The quantitative estimate of drug-likeness (QED) is 0.904. The fourth-order valence-corrected chi connectivity index (χ4v) is 2.74. The lowest BCUT2D eigenvalue weighted by atomic mass is 9.93. The molecule has 6 heteroatoms. The monoisotopic (exact) mass is 309 g/mol. The standard InChI is InChI=1S/C16H20FNO4/c1-22-14-3-2-12(8-13(14)17)9-15(19)18-6-4-11(5-7-18)10-16(20)21/h2-3,8,11H,4-7,9-10H2,1H3,(H,20,21). The Labute approximate surface area is 128 Å². The van der Waals surface area contributed by atoms with Gasteiger partial charge in [-0.3, -0.25) is 9.59 Å². The number of hydrogen-bond donors (Lipinski definition) is 1. The SMILES string of the molecule is COc1ccc(CC(=O)N2CCC(CC(=O)O)CC2)cc1F. The van der Waals surface area contributed by atoms with Crippen LogP contribution in [0.15, 0.2) is 18.2 Å². The Morgan fingerprint density at radius 3 is 2.59 bits per heavy atom. The number of halogens is 1. The molecule has 0 radical (unpaired) electrons. The predicted molar refractivity (Wildman–Crippen MR) is 78.2 cm³/mol. The predicted octanol–water partition coefficient (Wildman–Crippen LogP) is 2.09. The highest BCUT2D eigenvalue weighted by atomic mass is 19.1. The normalized spacial score (nSPS) is 15.6. The highest BCUT2D eigenvalue weighted by Gasteiger charge is 2.24. The van der Waals surface area contributed by atoms with Crippen molar-refractivity contribution < 1.29 is 23.8 Å². The maximum atomic E-state index is 13.6. The van der Waals surface area contributed by atoms with Gasteiger partial charge in [-0.2, -0.15) is 0 Å². The summed E-state index contributed by atoms with van der Waals surface area (Å²) in [5.74, 6) is -1.03. The van der Waals surface area contributed by atoms with Crippen LogP contribution in [0.1, 0.15) is 24.8 Å². The van der Waals surface area contributed by atoms with E-state index in [1.807, 2.05) is 0 Å². The minimum atomic E-state index is -0.793. The Hall–Kier alpha value is -2.11. The highest BCUT2D eigenvalue weighted by molar-refractivity contribution is 5.79. The van der Waals surface area contributed by atoms with Crippen LogP contribution < -0.4 is 4.74 Å². The molecule has 22 heavy (non-hydrogen) atoms. The van der Waals surface area contributed by atoms with Gasteiger partial charge in [0.25, 0.3) is 0 Å². The van der Waals surface area contributed by atoms with Crippen molar-refractivity contribution in [1.82, 2.24) is 4.90 Å². The van der Waals surface area contributed by atoms with E-state index >= 15 is 0 Å². The fourth-order valence-electron chi connectivity index (χ4n) is 2.74. The highest BCUT2D eigenvalue weighted by Crippen LogP contribution is 2.22. The number of ether oxygens (including phenoxy) is 1. The maximum Gasteiger partial charge on any atom is 0.303 e. The molecule has 1 heterocycles. The summed E-state index contributed by atoms with van der Waals surface area (Å²) in [5.41, 5.74) is 0.607. The molecule has 1 aliphatic heterocycles. The summed E-state index contributed by atoms with van der Waals surface area (Å²) >= 11 is 0. The third-order valence-corrected chi connectivity index (χ3v) is 4.00. The molecular formula is C16H20FNO4. The Balaban J connectivity index is 1.88. The van der Waals surface area contributed by atoms with Gasteiger partial charge in [-0.1, -0.05) is 6.07 Å².